The van der Waals surface area contributed by atoms with Crippen molar-refractivity contribution in [3.63, 3.8) is 0 Å². The number of hydrogen-bond donors (Lipinski definition) is 2. The molecule has 3 nitrogen and oxygen atoms in total. The maximum Gasteiger partial charge on any atom is 0.119 e. The number of aliphatic hydroxyl groups excluding tert-OH is 1. The van der Waals surface area contributed by atoms with Crippen molar-refractivity contribution in [3.8, 4) is 5.75 Å². The summed E-state index contributed by atoms with van der Waals surface area (Å²) in [7, 11) is 0. The maximum atomic E-state index is 10.5. The normalized spacial score (nSPS) is 12.9. The Labute approximate surface area is 158 Å². The number of aliphatic hydroxyl groups is 1. The molecule has 2 N–H and O–H groups in total. The van der Waals surface area contributed by atoms with Gasteiger partial charge in [0.2, 0.25) is 0 Å². The molecular formula is C23H33NO2. The first-order chi connectivity index (χ1) is 12.4. The third-order valence-corrected chi connectivity index (χ3v) is 5.07. The molecule has 0 fully saturated rings. The standard InChI is InChI=1S/C23H33NO2/c1-17(2)24(18(3)4)14-12-21(20-8-6-5-7-9-20)22-16-19(13-15-25)10-11-23(22)26/h5-11,16-18,21,25-26H,12-15H2,1-4H3/t21-/m0/s1. The second-order valence-electron chi connectivity index (χ2n) is 7.54. The molecule has 1 atom stereocenters. The van der Waals surface area contributed by atoms with E-state index in [1.807, 2.05) is 12.1 Å². The predicted molar refractivity (Wildman–Crippen MR) is 109 cm³/mol. The third kappa shape index (κ3) is 5.33. The van der Waals surface area contributed by atoms with Gasteiger partial charge in [-0.2, -0.15) is 0 Å². The Bertz CT molecular complexity index is 659. The highest BCUT2D eigenvalue weighted by Gasteiger charge is 2.21. The molecular weight excluding hydrogens is 322 g/mol. The molecule has 0 bridgehead atoms. The molecule has 26 heavy (non-hydrogen) atoms. The Kier molecular flexibility index (Phi) is 7.67. The molecule has 3 heteroatoms. The zero-order valence-corrected chi connectivity index (χ0v) is 16.5. The first kappa shape index (κ1) is 20.5. The van der Waals surface area contributed by atoms with E-state index in [2.05, 4.69) is 62.9 Å². The van der Waals surface area contributed by atoms with Crippen LogP contribution in [0.1, 0.15) is 56.7 Å². The van der Waals surface area contributed by atoms with Crippen LogP contribution in [0.25, 0.3) is 0 Å². The number of phenols is 1. The van der Waals surface area contributed by atoms with Crippen molar-refractivity contribution in [1.29, 1.82) is 0 Å². The van der Waals surface area contributed by atoms with Gasteiger partial charge in [-0.1, -0.05) is 42.5 Å². The first-order valence-electron chi connectivity index (χ1n) is 9.67. The summed E-state index contributed by atoms with van der Waals surface area (Å²) in [4.78, 5) is 2.49. The predicted octanol–water partition coefficient (Wildman–Crippen LogP) is 4.57. The highest BCUT2D eigenvalue weighted by molar-refractivity contribution is 5.43. The molecule has 0 aliphatic rings. The Morgan fingerprint density at radius 2 is 1.58 bits per heavy atom. The molecule has 0 saturated carbocycles. The van der Waals surface area contributed by atoms with Crippen molar-refractivity contribution in [2.75, 3.05) is 13.2 Å². The molecule has 2 rings (SSSR count). The van der Waals surface area contributed by atoms with Gasteiger partial charge >= 0.3 is 0 Å². The number of aromatic hydroxyl groups is 1. The summed E-state index contributed by atoms with van der Waals surface area (Å²) in [6, 6.07) is 17.1. The van der Waals surface area contributed by atoms with Crippen LogP contribution >= 0.6 is 0 Å². The van der Waals surface area contributed by atoms with Crippen molar-refractivity contribution in [2.45, 2.75) is 58.5 Å². The van der Waals surface area contributed by atoms with Crippen LogP contribution in [0, 0.1) is 0 Å². The number of phenolic OH excluding ortho intramolecular Hbond substituents is 1. The van der Waals surface area contributed by atoms with E-state index < -0.39 is 0 Å². The fraction of sp³-hybridized carbons (Fsp3) is 0.478. The maximum absolute atomic E-state index is 10.5. The molecule has 0 heterocycles. The van der Waals surface area contributed by atoms with Gasteiger partial charge in [0.15, 0.2) is 0 Å². The molecule has 0 radical (unpaired) electrons. The van der Waals surface area contributed by atoms with Crippen molar-refractivity contribution in [3.05, 3.63) is 65.2 Å². The number of rotatable bonds is 9. The van der Waals surface area contributed by atoms with Gasteiger partial charge in [-0.05, 0) is 64.3 Å². The van der Waals surface area contributed by atoms with E-state index in [0.29, 0.717) is 24.3 Å². The van der Waals surface area contributed by atoms with Gasteiger partial charge in [-0.3, -0.25) is 4.90 Å². The van der Waals surface area contributed by atoms with Crippen molar-refractivity contribution in [1.82, 2.24) is 4.90 Å². The lowest BCUT2D eigenvalue weighted by Crippen LogP contribution is -2.38. The summed E-state index contributed by atoms with van der Waals surface area (Å²) >= 11 is 0. The smallest absolute Gasteiger partial charge is 0.119 e. The lowest BCUT2D eigenvalue weighted by molar-refractivity contribution is 0.170. The molecule has 0 saturated heterocycles. The van der Waals surface area contributed by atoms with Gasteiger partial charge in [0.1, 0.15) is 5.75 Å². The summed E-state index contributed by atoms with van der Waals surface area (Å²) in [5.41, 5.74) is 3.23. The van der Waals surface area contributed by atoms with E-state index in [0.717, 1.165) is 24.1 Å². The van der Waals surface area contributed by atoms with Crippen molar-refractivity contribution < 1.29 is 10.2 Å². The zero-order chi connectivity index (χ0) is 19.1. The van der Waals surface area contributed by atoms with Crippen molar-refractivity contribution in [2.24, 2.45) is 0 Å². The molecule has 2 aromatic rings. The summed E-state index contributed by atoms with van der Waals surface area (Å²) in [6.45, 7) is 10.0. The van der Waals surface area contributed by atoms with E-state index in [1.54, 1.807) is 6.07 Å². The van der Waals surface area contributed by atoms with Gasteiger partial charge in [0.25, 0.3) is 0 Å². The van der Waals surface area contributed by atoms with Crippen LogP contribution < -0.4 is 0 Å². The SMILES string of the molecule is CC(C)N(CC[C@@H](c1ccccc1)c1cc(CCO)ccc1O)C(C)C. The van der Waals surface area contributed by atoms with Gasteiger partial charge in [0.05, 0.1) is 0 Å². The molecule has 0 aliphatic heterocycles. The minimum atomic E-state index is 0.120. The molecule has 0 aromatic heterocycles. The van der Waals surface area contributed by atoms with Crippen LogP contribution in [-0.4, -0.2) is 40.3 Å². The molecule has 2 aromatic carbocycles. The van der Waals surface area contributed by atoms with Gasteiger partial charge < -0.3 is 10.2 Å². The lowest BCUT2D eigenvalue weighted by Gasteiger charge is -2.32. The summed E-state index contributed by atoms with van der Waals surface area (Å²) in [5.74, 6) is 0.469. The molecule has 142 valence electrons. The molecule has 0 amide bonds. The fourth-order valence-electron chi connectivity index (χ4n) is 3.75. The largest absolute Gasteiger partial charge is 0.508 e. The molecule has 0 spiro atoms. The Balaban J connectivity index is 2.35. The highest BCUT2D eigenvalue weighted by atomic mass is 16.3. The van der Waals surface area contributed by atoms with Gasteiger partial charge in [-0.15, -0.1) is 0 Å². The third-order valence-electron chi connectivity index (χ3n) is 5.07. The van der Waals surface area contributed by atoms with Crippen LogP contribution in [0.15, 0.2) is 48.5 Å². The van der Waals surface area contributed by atoms with E-state index in [9.17, 15) is 10.2 Å². The van der Waals surface area contributed by atoms with Crippen LogP contribution in [0.3, 0.4) is 0 Å². The quantitative estimate of drug-likeness (QED) is 0.692. The van der Waals surface area contributed by atoms with E-state index in [1.165, 1.54) is 5.56 Å². The summed E-state index contributed by atoms with van der Waals surface area (Å²) in [6.07, 6.45) is 1.55. The van der Waals surface area contributed by atoms with Crippen LogP contribution in [-0.2, 0) is 6.42 Å². The molecule has 0 aliphatic carbocycles. The van der Waals surface area contributed by atoms with Gasteiger partial charge in [-0.25, -0.2) is 0 Å². The van der Waals surface area contributed by atoms with Crippen molar-refractivity contribution >= 4 is 0 Å². The highest BCUT2D eigenvalue weighted by Crippen LogP contribution is 2.35. The Morgan fingerprint density at radius 3 is 2.15 bits per heavy atom. The van der Waals surface area contributed by atoms with Crippen LogP contribution in [0.4, 0.5) is 0 Å². The topological polar surface area (TPSA) is 43.7 Å². The minimum Gasteiger partial charge on any atom is -0.508 e. The first-order valence-corrected chi connectivity index (χ1v) is 9.67. The van der Waals surface area contributed by atoms with Crippen LogP contribution in [0.5, 0.6) is 5.75 Å². The zero-order valence-electron chi connectivity index (χ0n) is 16.5. The lowest BCUT2D eigenvalue weighted by atomic mass is 9.86. The Hall–Kier alpha value is -1.84. The van der Waals surface area contributed by atoms with Gasteiger partial charge in [0, 0.05) is 30.2 Å². The monoisotopic (exact) mass is 355 g/mol. The number of nitrogens with zero attached hydrogens (tertiary/aromatic N) is 1. The number of benzene rings is 2. The summed E-state index contributed by atoms with van der Waals surface area (Å²) in [5, 5.41) is 19.8. The van der Waals surface area contributed by atoms with Crippen LogP contribution in [0.2, 0.25) is 0 Å². The summed E-state index contributed by atoms with van der Waals surface area (Å²) < 4.78 is 0. The van der Waals surface area contributed by atoms with E-state index in [4.69, 9.17) is 0 Å². The van der Waals surface area contributed by atoms with E-state index in [-0.39, 0.29) is 12.5 Å². The average molecular weight is 356 g/mol. The fourth-order valence-corrected chi connectivity index (χ4v) is 3.75. The average Bonchev–Trinajstić information content (AvgIpc) is 2.61. The Morgan fingerprint density at radius 1 is 0.923 bits per heavy atom. The molecule has 0 unspecified atom stereocenters. The van der Waals surface area contributed by atoms with E-state index >= 15 is 0 Å². The second kappa shape index (κ2) is 9.75. The minimum absolute atomic E-state index is 0.120. The second-order valence-corrected chi connectivity index (χ2v) is 7.54. The number of hydrogen-bond acceptors (Lipinski definition) is 3.